The minimum absolute atomic E-state index is 0.134. The van der Waals surface area contributed by atoms with Crippen molar-refractivity contribution in [1.82, 2.24) is 5.32 Å². The number of thioether (sulfide) groups is 1. The molecule has 2 aliphatic rings. The van der Waals surface area contributed by atoms with E-state index >= 15 is 0 Å². The van der Waals surface area contributed by atoms with Crippen LogP contribution < -0.4 is 5.32 Å². The molecule has 2 fully saturated rings. The van der Waals surface area contributed by atoms with Crippen LogP contribution in [0.2, 0.25) is 0 Å². The molecule has 0 aromatic heterocycles. The maximum atomic E-state index is 6.24. The second kappa shape index (κ2) is 5.94. The van der Waals surface area contributed by atoms with Crippen molar-refractivity contribution in [2.24, 2.45) is 11.8 Å². The Morgan fingerprint density at radius 3 is 2.88 bits per heavy atom. The zero-order valence-electron chi connectivity index (χ0n) is 11.5. The summed E-state index contributed by atoms with van der Waals surface area (Å²) in [6, 6.07) is 0.562. The first-order chi connectivity index (χ1) is 8.14. The fourth-order valence-corrected chi connectivity index (χ4v) is 4.74. The zero-order chi connectivity index (χ0) is 12.3. The van der Waals surface area contributed by atoms with Gasteiger partial charge in [-0.3, -0.25) is 0 Å². The van der Waals surface area contributed by atoms with Gasteiger partial charge in [-0.1, -0.05) is 20.8 Å². The van der Waals surface area contributed by atoms with Gasteiger partial charge in [0.1, 0.15) is 0 Å². The molecule has 1 spiro atoms. The van der Waals surface area contributed by atoms with Gasteiger partial charge in [-0.25, -0.2) is 0 Å². The van der Waals surface area contributed by atoms with E-state index in [0.717, 1.165) is 19.1 Å². The van der Waals surface area contributed by atoms with E-state index in [1.807, 2.05) is 0 Å². The minimum atomic E-state index is 0.134. The Morgan fingerprint density at radius 1 is 1.41 bits per heavy atom. The monoisotopic (exact) mass is 257 g/mol. The van der Waals surface area contributed by atoms with Crippen molar-refractivity contribution in [3.63, 3.8) is 0 Å². The topological polar surface area (TPSA) is 21.3 Å². The van der Waals surface area contributed by atoms with Crippen LogP contribution in [0.1, 0.15) is 40.0 Å². The third kappa shape index (κ3) is 3.18. The second-order valence-corrected chi connectivity index (χ2v) is 7.21. The smallest absolute Gasteiger partial charge is 0.0928 e. The van der Waals surface area contributed by atoms with Crippen molar-refractivity contribution in [3.8, 4) is 0 Å². The number of nitrogens with one attached hydrogen (secondary N) is 1. The number of ether oxygens (including phenoxy) is 1. The summed E-state index contributed by atoms with van der Waals surface area (Å²) in [5, 5.41) is 3.75. The third-order valence-electron chi connectivity index (χ3n) is 4.07. The van der Waals surface area contributed by atoms with Crippen molar-refractivity contribution >= 4 is 11.8 Å². The third-order valence-corrected chi connectivity index (χ3v) is 5.34. The molecule has 2 nitrogen and oxygen atoms in total. The van der Waals surface area contributed by atoms with Gasteiger partial charge >= 0.3 is 0 Å². The van der Waals surface area contributed by atoms with Gasteiger partial charge in [0.15, 0.2) is 0 Å². The zero-order valence-corrected chi connectivity index (χ0v) is 12.3. The van der Waals surface area contributed by atoms with Crippen molar-refractivity contribution < 1.29 is 4.74 Å². The molecule has 3 unspecified atom stereocenters. The van der Waals surface area contributed by atoms with Crippen LogP contribution in [0.5, 0.6) is 0 Å². The van der Waals surface area contributed by atoms with Crippen molar-refractivity contribution in [3.05, 3.63) is 0 Å². The molecule has 0 aromatic rings. The molecular formula is C14H27NOS. The van der Waals surface area contributed by atoms with E-state index < -0.39 is 0 Å². The average Bonchev–Trinajstić information content (AvgIpc) is 2.29. The lowest BCUT2D eigenvalue weighted by Crippen LogP contribution is -2.63. The van der Waals surface area contributed by atoms with Gasteiger partial charge in [-0.15, -0.1) is 0 Å². The van der Waals surface area contributed by atoms with Gasteiger partial charge in [0, 0.05) is 18.3 Å². The summed E-state index contributed by atoms with van der Waals surface area (Å²) in [7, 11) is 0. The van der Waals surface area contributed by atoms with E-state index in [1.54, 1.807) is 0 Å². The number of morpholine rings is 1. The molecule has 2 heterocycles. The van der Waals surface area contributed by atoms with Gasteiger partial charge in [0.2, 0.25) is 0 Å². The molecule has 1 N–H and O–H groups in total. The summed E-state index contributed by atoms with van der Waals surface area (Å²) in [6.07, 6.45) is 3.87. The first-order valence-electron chi connectivity index (χ1n) is 7.09. The first-order valence-corrected chi connectivity index (χ1v) is 8.24. The Bertz CT molecular complexity index is 230. The van der Waals surface area contributed by atoms with Gasteiger partial charge in [-0.2, -0.15) is 11.8 Å². The fourth-order valence-electron chi connectivity index (χ4n) is 3.49. The number of hydrogen-bond acceptors (Lipinski definition) is 3. The van der Waals surface area contributed by atoms with Gasteiger partial charge in [0.25, 0.3) is 0 Å². The molecule has 2 saturated heterocycles. The second-order valence-electron chi connectivity index (χ2n) is 6.11. The van der Waals surface area contributed by atoms with Gasteiger partial charge < -0.3 is 10.1 Å². The standard InChI is InChI=1S/C14H27NOS/c1-11(2)9-12(3)13-14(16-7-6-15-13)5-4-8-17-10-14/h11-13,15H,4-10H2,1-3H3. The summed E-state index contributed by atoms with van der Waals surface area (Å²) in [4.78, 5) is 0. The maximum absolute atomic E-state index is 6.24. The summed E-state index contributed by atoms with van der Waals surface area (Å²) in [5.41, 5.74) is 0.134. The summed E-state index contributed by atoms with van der Waals surface area (Å²) in [5.74, 6) is 4.00. The highest BCUT2D eigenvalue weighted by molar-refractivity contribution is 7.99. The lowest BCUT2D eigenvalue weighted by Gasteiger charge is -2.49. The normalized spacial score (nSPS) is 36.4. The molecule has 3 heteroatoms. The Labute approximate surface area is 110 Å². The Morgan fingerprint density at radius 2 is 2.24 bits per heavy atom. The van der Waals surface area contributed by atoms with E-state index in [4.69, 9.17) is 4.74 Å². The molecule has 0 amide bonds. The highest BCUT2D eigenvalue weighted by Gasteiger charge is 2.45. The first kappa shape index (κ1) is 13.7. The molecule has 3 atom stereocenters. The average molecular weight is 257 g/mol. The van der Waals surface area contributed by atoms with Crippen molar-refractivity contribution in [2.75, 3.05) is 24.7 Å². The van der Waals surface area contributed by atoms with Gasteiger partial charge in [-0.05, 0) is 36.9 Å². The van der Waals surface area contributed by atoms with Crippen LogP contribution in [0.15, 0.2) is 0 Å². The van der Waals surface area contributed by atoms with E-state index in [9.17, 15) is 0 Å². The van der Waals surface area contributed by atoms with E-state index in [2.05, 4.69) is 37.8 Å². The Kier molecular flexibility index (Phi) is 4.79. The maximum Gasteiger partial charge on any atom is 0.0928 e. The van der Waals surface area contributed by atoms with Gasteiger partial charge in [0.05, 0.1) is 12.2 Å². The van der Waals surface area contributed by atoms with E-state index in [-0.39, 0.29) is 5.60 Å². The largest absolute Gasteiger partial charge is 0.371 e. The summed E-state index contributed by atoms with van der Waals surface area (Å²) >= 11 is 2.08. The lowest BCUT2D eigenvalue weighted by atomic mass is 9.79. The predicted molar refractivity (Wildman–Crippen MR) is 75.7 cm³/mol. The van der Waals surface area contributed by atoms with Crippen LogP contribution in [0, 0.1) is 11.8 Å². The van der Waals surface area contributed by atoms with Crippen LogP contribution >= 0.6 is 11.8 Å². The molecule has 0 bridgehead atoms. The highest BCUT2D eigenvalue weighted by atomic mass is 32.2. The van der Waals surface area contributed by atoms with Crippen LogP contribution in [0.25, 0.3) is 0 Å². The Hall–Kier alpha value is 0.270. The highest BCUT2D eigenvalue weighted by Crippen LogP contribution is 2.38. The van der Waals surface area contributed by atoms with Crippen molar-refractivity contribution in [2.45, 2.75) is 51.7 Å². The molecule has 17 heavy (non-hydrogen) atoms. The molecule has 0 radical (unpaired) electrons. The summed E-state index contributed by atoms with van der Waals surface area (Å²) in [6.45, 7) is 8.96. The predicted octanol–water partition coefficient (Wildman–Crippen LogP) is 2.92. The molecule has 0 aromatic carbocycles. The van der Waals surface area contributed by atoms with E-state index in [1.165, 1.54) is 30.8 Å². The quantitative estimate of drug-likeness (QED) is 0.840. The van der Waals surface area contributed by atoms with Crippen LogP contribution in [0.3, 0.4) is 0 Å². The van der Waals surface area contributed by atoms with Crippen LogP contribution in [-0.2, 0) is 4.74 Å². The summed E-state index contributed by atoms with van der Waals surface area (Å²) < 4.78 is 6.24. The lowest BCUT2D eigenvalue weighted by molar-refractivity contribution is -0.101. The molecule has 0 aliphatic carbocycles. The fraction of sp³-hybridized carbons (Fsp3) is 1.00. The minimum Gasteiger partial charge on any atom is -0.371 e. The molecule has 100 valence electrons. The molecule has 2 rings (SSSR count). The number of rotatable bonds is 3. The molecule has 0 saturated carbocycles. The van der Waals surface area contributed by atoms with Crippen molar-refractivity contribution in [1.29, 1.82) is 0 Å². The Balaban J connectivity index is 2.05. The van der Waals surface area contributed by atoms with E-state index in [0.29, 0.717) is 12.0 Å². The van der Waals surface area contributed by atoms with Crippen LogP contribution in [-0.4, -0.2) is 36.3 Å². The molecule has 2 aliphatic heterocycles. The van der Waals surface area contributed by atoms with Crippen LogP contribution in [0.4, 0.5) is 0 Å². The number of hydrogen-bond donors (Lipinski definition) is 1. The SMILES string of the molecule is CC(C)CC(C)C1NCCOC12CCCSC2. The molecular weight excluding hydrogens is 230 g/mol.